The number of anilines is 1. The van der Waals surface area contributed by atoms with Crippen LogP contribution in [0.4, 0.5) is 5.82 Å². The number of rotatable bonds is 4. The van der Waals surface area contributed by atoms with Gasteiger partial charge in [0.15, 0.2) is 11.0 Å². The molecule has 0 aliphatic rings. The van der Waals surface area contributed by atoms with E-state index in [1.54, 1.807) is 12.3 Å². The Balaban J connectivity index is 2.06. The van der Waals surface area contributed by atoms with Crippen LogP contribution in [0.5, 0.6) is 0 Å². The molecule has 0 saturated carbocycles. The lowest BCUT2D eigenvalue weighted by Crippen LogP contribution is -1.96. The third kappa shape index (κ3) is 3.72. The van der Waals surface area contributed by atoms with Gasteiger partial charge in [0.2, 0.25) is 0 Å². The molecule has 6 heteroatoms. The molecule has 0 spiro atoms. The lowest BCUT2D eigenvalue weighted by Gasteiger charge is -2.01. The van der Waals surface area contributed by atoms with Gasteiger partial charge in [-0.15, -0.1) is 0 Å². The monoisotopic (exact) mass is 278 g/mol. The summed E-state index contributed by atoms with van der Waals surface area (Å²) in [5.74, 6) is 0.575. The van der Waals surface area contributed by atoms with E-state index >= 15 is 0 Å². The van der Waals surface area contributed by atoms with Crippen LogP contribution in [0.3, 0.4) is 0 Å². The fourth-order valence-corrected chi connectivity index (χ4v) is 1.87. The zero-order chi connectivity index (χ0) is 12.8. The van der Waals surface area contributed by atoms with Crippen molar-refractivity contribution in [1.82, 2.24) is 9.97 Å². The van der Waals surface area contributed by atoms with Gasteiger partial charge in [-0.3, -0.25) is 5.43 Å². The van der Waals surface area contributed by atoms with Crippen LogP contribution >= 0.6 is 23.4 Å². The molecule has 18 heavy (non-hydrogen) atoms. The molecular formula is C12H11ClN4S. The summed E-state index contributed by atoms with van der Waals surface area (Å²) in [5.41, 5.74) is 3.84. The van der Waals surface area contributed by atoms with Crippen molar-refractivity contribution in [2.45, 2.75) is 5.16 Å². The van der Waals surface area contributed by atoms with Gasteiger partial charge in [-0.05, 0) is 11.8 Å². The average Bonchev–Trinajstić information content (AvgIpc) is 2.39. The van der Waals surface area contributed by atoms with Gasteiger partial charge < -0.3 is 0 Å². The van der Waals surface area contributed by atoms with E-state index in [1.165, 1.54) is 11.8 Å². The van der Waals surface area contributed by atoms with Crippen molar-refractivity contribution < 1.29 is 0 Å². The summed E-state index contributed by atoms with van der Waals surface area (Å²) >= 11 is 7.30. The maximum Gasteiger partial charge on any atom is 0.190 e. The summed E-state index contributed by atoms with van der Waals surface area (Å²) in [6.45, 7) is 0. The van der Waals surface area contributed by atoms with Crippen molar-refractivity contribution in [2.75, 3.05) is 11.7 Å². The Bertz CT molecular complexity index is 545. The highest BCUT2D eigenvalue weighted by Gasteiger charge is 2.00. The van der Waals surface area contributed by atoms with Crippen LogP contribution in [0.2, 0.25) is 5.15 Å². The minimum Gasteiger partial charge on any atom is -0.261 e. The van der Waals surface area contributed by atoms with Crippen molar-refractivity contribution in [3.8, 4) is 0 Å². The molecule has 0 radical (unpaired) electrons. The van der Waals surface area contributed by atoms with Crippen molar-refractivity contribution in [2.24, 2.45) is 5.10 Å². The molecule has 0 aliphatic heterocycles. The van der Waals surface area contributed by atoms with E-state index in [-0.39, 0.29) is 0 Å². The highest BCUT2D eigenvalue weighted by atomic mass is 35.5. The third-order valence-electron chi connectivity index (χ3n) is 2.05. The highest BCUT2D eigenvalue weighted by molar-refractivity contribution is 7.98. The predicted octanol–water partition coefficient (Wildman–Crippen LogP) is 3.30. The molecule has 1 aromatic heterocycles. The van der Waals surface area contributed by atoms with E-state index in [4.69, 9.17) is 11.6 Å². The van der Waals surface area contributed by atoms with Gasteiger partial charge in [0.05, 0.1) is 6.21 Å². The first-order valence-corrected chi connectivity index (χ1v) is 6.81. The Labute approximate surface area is 114 Å². The van der Waals surface area contributed by atoms with E-state index in [1.807, 2.05) is 36.6 Å². The van der Waals surface area contributed by atoms with Crippen molar-refractivity contribution in [3.63, 3.8) is 0 Å². The third-order valence-corrected chi connectivity index (χ3v) is 2.79. The molecule has 0 aliphatic carbocycles. The molecule has 0 saturated heterocycles. The molecule has 1 heterocycles. The minimum atomic E-state index is 0.395. The summed E-state index contributed by atoms with van der Waals surface area (Å²) in [5, 5.41) is 5.10. The zero-order valence-corrected chi connectivity index (χ0v) is 11.2. The van der Waals surface area contributed by atoms with Crippen LogP contribution in [0.25, 0.3) is 0 Å². The van der Waals surface area contributed by atoms with Crippen LogP contribution < -0.4 is 5.43 Å². The first-order chi connectivity index (χ1) is 8.78. The number of aromatic nitrogens is 2. The number of thioether (sulfide) groups is 1. The second-order valence-electron chi connectivity index (χ2n) is 3.34. The fraction of sp³-hybridized carbons (Fsp3) is 0.0833. The van der Waals surface area contributed by atoms with E-state index < -0.39 is 0 Å². The Kier molecular flexibility index (Phi) is 4.55. The largest absolute Gasteiger partial charge is 0.261 e. The summed E-state index contributed by atoms with van der Waals surface area (Å²) in [7, 11) is 0. The van der Waals surface area contributed by atoms with Gasteiger partial charge in [-0.2, -0.15) is 5.10 Å². The van der Waals surface area contributed by atoms with E-state index in [9.17, 15) is 0 Å². The number of hydrazone groups is 1. The molecule has 2 aromatic rings. The number of nitrogens with one attached hydrogen (secondary N) is 1. The van der Waals surface area contributed by atoms with Crippen molar-refractivity contribution >= 4 is 35.4 Å². The topological polar surface area (TPSA) is 50.2 Å². The molecule has 92 valence electrons. The molecule has 1 N–H and O–H groups in total. The van der Waals surface area contributed by atoms with Crippen LogP contribution in [0.1, 0.15) is 5.56 Å². The van der Waals surface area contributed by atoms with Crippen molar-refractivity contribution in [3.05, 3.63) is 47.1 Å². The maximum atomic E-state index is 5.87. The predicted molar refractivity (Wildman–Crippen MR) is 76.5 cm³/mol. The molecule has 2 rings (SSSR count). The number of hydrogen-bond acceptors (Lipinski definition) is 5. The number of hydrogen-bond donors (Lipinski definition) is 1. The number of halogens is 1. The van der Waals surface area contributed by atoms with Crippen LogP contribution in [0, 0.1) is 0 Å². The molecule has 1 aromatic carbocycles. The fourth-order valence-electron chi connectivity index (χ4n) is 1.26. The second-order valence-corrected chi connectivity index (χ2v) is 4.50. The smallest absolute Gasteiger partial charge is 0.190 e. The van der Waals surface area contributed by atoms with Gasteiger partial charge in [0.25, 0.3) is 0 Å². The summed E-state index contributed by atoms with van der Waals surface area (Å²) in [4.78, 5) is 8.27. The van der Waals surface area contributed by atoms with E-state index in [0.717, 1.165) is 5.56 Å². The Morgan fingerprint density at radius 3 is 2.78 bits per heavy atom. The van der Waals surface area contributed by atoms with Gasteiger partial charge in [0, 0.05) is 6.07 Å². The van der Waals surface area contributed by atoms with Crippen molar-refractivity contribution in [1.29, 1.82) is 0 Å². The minimum absolute atomic E-state index is 0.395. The molecular weight excluding hydrogens is 268 g/mol. The normalized spacial score (nSPS) is 10.8. The lowest BCUT2D eigenvalue weighted by atomic mass is 10.2. The molecule has 0 fully saturated rings. The summed E-state index contributed by atoms with van der Waals surface area (Å²) in [6, 6.07) is 11.4. The first-order valence-electron chi connectivity index (χ1n) is 5.20. The average molecular weight is 279 g/mol. The SMILES string of the molecule is CSc1nc(Cl)cc(N/N=C/c2ccccc2)n1. The molecule has 0 unspecified atom stereocenters. The van der Waals surface area contributed by atoms with Gasteiger partial charge in [-0.25, -0.2) is 9.97 Å². The second kappa shape index (κ2) is 6.37. The van der Waals surface area contributed by atoms with E-state index in [2.05, 4.69) is 20.5 Å². The molecule has 4 nitrogen and oxygen atoms in total. The highest BCUT2D eigenvalue weighted by Crippen LogP contribution is 2.16. The summed E-state index contributed by atoms with van der Waals surface area (Å²) < 4.78 is 0. The quantitative estimate of drug-likeness (QED) is 0.306. The number of benzene rings is 1. The van der Waals surface area contributed by atoms with Crippen LogP contribution in [0.15, 0.2) is 46.7 Å². The van der Waals surface area contributed by atoms with Crippen LogP contribution in [-0.2, 0) is 0 Å². The van der Waals surface area contributed by atoms with Gasteiger partial charge in [0.1, 0.15) is 5.15 Å². The first kappa shape index (κ1) is 12.9. The molecule has 0 amide bonds. The van der Waals surface area contributed by atoms with Gasteiger partial charge >= 0.3 is 0 Å². The lowest BCUT2D eigenvalue weighted by molar-refractivity contribution is 0.967. The van der Waals surface area contributed by atoms with E-state index in [0.29, 0.717) is 16.1 Å². The maximum absolute atomic E-state index is 5.87. The Morgan fingerprint density at radius 2 is 2.06 bits per heavy atom. The van der Waals surface area contributed by atoms with Gasteiger partial charge in [-0.1, -0.05) is 53.7 Å². The standard InChI is InChI=1S/C12H11ClN4S/c1-18-12-15-10(13)7-11(16-12)17-14-8-9-5-3-2-4-6-9/h2-8H,1H3,(H,15,16,17)/b14-8+. The molecule has 0 atom stereocenters. The number of nitrogens with zero attached hydrogens (tertiary/aromatic N) is 3. The Hall–Kier alpha value is -1.59. The van der Waals surface area contributed by atoms with Crippen LogP contribution in [-0.4, -0.2) is 22.4 Å². The molecule has 0 bridgehead atoms. The Morgan fingerprint density at radius 1 is 1.28 bits per heavy atom. The zero-order valence-electron chi connectivity index (χ0n) is 9.67. The summed E-state index contributed by atoms with van der Waals surface area (Å²) in [6.07, 6.45) is 3.61.